The van der Waals surface area contributed by atoms with Gasteiger partial charge in [0.25, 0.3) is 5.22 Å². The number of oxazole rings is 1. The van der Waals surface area contributed by atoms with E-state index in [0.717, 1.165) is 11.8 Å². The van der Waals surface area contributed by atoms with Crippen LogP contribution >= 0.6 is 11.8 Å². The van der Waals surface area contributed by atoms with E-state index in [-0.39, 0.29) is 5.69 Å². The number of nitrogen functional groups attached to an aromatic ring is 1. The summed E-state index contributed by atoms with van der Waals surface area (Å²) in [5.41, 5.74) is 5.98. The maximum Gasteiger partial charge on any atom is 0.354 e. The normalized spacial score (nSPS) is 10.2. The van der Waals surface area contributed by atoms with E-state index in [2.05, 4.69) is 9.97 Å². The Morgan fingerprint density at radius 1 is 1.50 bits per heavy atom. The molecule has 2 aromatic heterocycles. The average molecular weight is 237 g/mol. The van der Waals surface area contributed by atoms with E-state index < -0.39 is 5.97 Å². The number of aromatic nitrogens is 2. The lowest BCUT2D eigenvalue weighted by Gasteiger charge is -2.02. The van der Waals surface area contributed by atoms with Gasteiger partial charge in [-0.25, -0.2) is 14.8 Å². The molecule has 0 amide bonds. The van der Waals surface area contributed by atoms with Gasteiger partial charge in [-0.15, -0.1) is 0 Å². The van der Waals surface area contributed by atoms with Gasteiger partial charge in [0.15, 0.2) is 0 Å². The van der Waals surface area contributed by atoms with Crippen LogP contribution in [0.1, 0.15) is 10.5 Å². The van der Waals surface area contributed by atoms with Gasteiger partial charge in [0.2, 0.25) is 0 Å². The number of nitrogens with two attached hydrogens (primary N) is 1. The molecule has 6 nitrogen and oxygen atoms in total. The van der Waals surface area contributed by atoms with Gasteiger partial charge in [0.1, 0.15) is 17.0 Å². The summed E-state index contributed by atoms with van der Waals surface area (Å²) in [4.78, 5) is 18.5. The quantitative estimate of drug-likeness (QED) is 0.833. The van der Waals surface area contributed by atoms with E-state index in [9.17, 15) is 4.79 Å². The largest absolute Gasteiger partial charge is 0.477 e. The molecule has 0 atom stereocenters. The van der Waals surface area contributed by atoms with Gasteiger partial charge >= 0.3 is 5.97 Å². The van der Waals surface area contributed by atoms with E-state index in [0.29, 0.717) is 15.9 Å². The highest BCUT2D eigenvalue weighted by atomic mass is 32.2. The van der Waals surface area contributed by atoms with Crippen LogP contribution in [0.15, 0.2) is 39.3 Å². The highest BCUT2D eigenvalue weighted by Gasteiger charge is 2.11. The first kappa shape index (κ1) is 10.5. The molecule has 0 aliphatic rings. The summed E-state index contributed by atoms with van der Waals surface area (Å²) >= 11 is 1.08. The molecule has 0 unspecified atom stereocenters. The molecular weight excluding hydrogens is 230 g/mol. The second-order valence-electron chi connectivity index (χ2n) is 2.80. The van der Waals surface area contributed by atoms with Crippen molar-refractivity contribution in [2.75, 3.05) is 5.73 Å². The standard InChI is InChI=1S/C9H7N3O3S/c10-5-1-2-6(8(13)14)12-7(5)16-9-11-3-4-15-9/h1-4H,10H2,(H,13,14). The third-order valence-electron chi connectivity index (χ3n) is 1.70. The molecule has 3 N–H and O–H groups in total. The van der Waals surface area contributed by atoms with E-state index in [4.69, 9.17) is 15.3 Å². The molecule has 2 aromatic rings. The maximum atomic E-state index is 10.7. The van der Waals surface area contributed by atoms with Gasteiger partial charge < -0.3 is 15.3 Å². The molecular formula is C9H7N3O3S. The van der Waals surface area contributed by atoms with Crippen LogP contribution in [0, 0.1) is 0 Å². The van der Waals surface area contributed by atoms with Crippen LogP contribution in [0.25, 0.3) is 0 Å². The molecule has 0 aliphatic carbocycles. The summed E-state index contributed by atoms with van der Waals surface area (Å²) in [5, 5.41) is 9.50. The van der Waals surface area contributed by atoms with Crippen LogP contribution in [0.2, 0.25) is 0 Å². The lowest BCUT2D eigenvalue weighted by Crippen LogP contribution is -2.02. The molecule has 82 valence electrons. The Morgan fingerprint density at radius 2 is 2.31 bits per heavy atom. The minimum absolute atomic E-state index is 0.0664. The number of hydrogen-bond donors (Lipinski definition) is 2. The number of carboxylic acids is 1. The van der Waals surface area contributed by atoms with Gasteiger partial charge in [0, 0.05) is 0 Å². The molecule has 0 aromatic carbocycles. The molecule has 0 radical (unpaired) electrons. The van der Waals surface area contributed by atoms with Crippen molar-refractivity contribution in [3.8, 4) is 0 Å². The molecule has 0 bridgehead atoms. The minimum atomic E-state index is -1.10. The smallest absolute Gasteiger partial charge is 0.354 e. The van der Waals surface area contributed by atoms with Gasteiger partial charge in [-0.2, -0.15) is 0 Å². The molecule has 2 rings (SSSR count). The summed E-state index contributed by atoms with van der Waals surface area (Å²) in [6.45, 7) is 0. The fraction of sp³-hybridized carbons (Fsp3) is 0. The van der Waals surface area contributed by atoms with E-state index in [1.54, 1.807) is 0 Å². The summed E-state index contributed by atoms with van der Waals surface area (Å²) in [5.74, 6) is -1.10. The SMILES string of the molecule is Nc1ccc(C(=O)O)nc1Sc1ncco1. The van der Waals surface area contributed by atoms with Crippen molar-refractivity contribution < 1.29 is 14.3 Å². The molecule has 0 aliphatic heterocycles. The summed E-state index contributed by atoms with van der Waals surface area (Å²) in [6, 6.07) is 2.83. The Balaban J connectivity index is 2.32. The first-order valence-electron chi connectivity index (χ1n) is 4.24. The second-order valence-corrected chi connectivity index (χ2v) is 3.74. The molecule has 2 heterocycles. The number of pyridine rings is 1. The van der Waals surface area contributed by atoms with Crippen molar-refractivity contribution in [1.82, 2.24) is 9.97 Å². The lowest BCUT2D eigenvalue weighted by atomic mass is 10.3. The summed E-state index contributed by atoms with van der Waals surface area (Å²) < 4.78 is 5.00. The Morgan fingerprint density at radius 3 is 2.94 bits per heavy atom. The predicted molar refractivity (Wildman–Crippen MR) is 56.2 cm³/mol. The maximum absolute atomic E-state index is 10.7. The third kappa shape index (κ3) is 2.14. The van der Waals surface area contributed by atoms with Crippen molar-refractivity contribution in [2.45, 2.75) is 10.2 Å². The van der Waals surface area contributed by atoms with Gasteiger partial charge in [-0.3, -0.25) is 0 Å². The average Bonchev–Trinajstić information content (AvgIpc) is 2.73. The molecule has 0 fully saturated rings. The Hall–Kier alpha value is -2.02. The third-order valence-corrected chi connectivity index (χ3v) is 2.60. The van der Waals surface area contributed by atoms with Gasteiger partial charge in [-0.1, -0.05) is 0 Å². The van der Waals surface area contributed by atoms with Gasteiger partial charge in [0.05, 0.1) is 11.9 Å². The fourth-order valence-corrected chi connectivity index (χ4v) is 1.71. The van der Waals surface area contributed by atoms with Crippen LogP contribution in [0.5, 0.6) is 0 Å². The monoisotopic (exact) mass is 237 g/mol. The number of rotatable bonds is 3. The van der Waals surface area contributed by atoms with Crippen molar-refractivity contribution in [1.29, 1.82) is 0 Å². The van der Waals surface area contributed by atoms with Crippen LogP contribution in [-0.4, -0.2) is 21.0 Å². The Labute approximate surface area is 94.5 Å². The minimum Gasteiger partial charge on any atom is -0.477 e. The number of hydrogen-bond acceptors (Lipinski definition) is 6. The zero-order chi connectivity index (χ0) is 11.5. The number of nitrogens with zero attached hydrogens (tertiary/aromatic N) is 2. The Kier molecular flexibility index (Phi) is 2.78. The van der Waals surface area contributed by atoms with Gasteiger partial charge in [-0.05, 0) is 23.9 Å². The predicted octanol–water partition coefficient (Wildman–Crippen LogP) is 1.50. The van der Waals surface area contributed by atoms with Crippen LogP contribution in [0.4, 0.5) is 5.69 Å². The first-order chi connectivity index (χ1) is 7.66. The van der Waals surface area contributed by atoms with Crippen LogP contribution in [-0.2, 0) is 0 Å². The molecule has 0 spiro atoms. The number of anilines is 1. The lowest BCUT2D eigenvalue weighted by molar-refractivity contribution is 0.0690. The van der Waals surface area contributed by atoms with Crippen molar-refractivity contribution in [3.05, 3.63) is 30.3 Å². The number of carbonyl (C=O) groups is 1. The van der Waals surface area contributed by atoms with E-state index >= 15 is 0 Å². The van der Waals surface area contributed by atoms with E-state index in [1.165, 1.54) is 24.6 Å². The molecule has 16 heavy (non-hydrogen) atoms. The highest BCUT2D eigenvalue weighted by molar-refractivity contribution is 7.99. The molecule has 0 saturated heterocycles. The van der Waals surface area contributed by atoms with Crippen LogP contribution in [0.3, 0.4) is 0 Å². The van der Waals surface area contributed by atoms with E-state index in [1.807, 2.05) is 0 Å². The van der Waals surface area contributed by atoms with Crippen molar-refractivity contribution in [2.24, 2.45) is 0 Å². The topological polar surface area (TPSA) is 102 Å². The number of aromatic carboxylic acids is 1. The zero-order valence-electron chi connectivity index (χ0n) is 7.95. The number of carboxylic acid groups (broad SMARTS) is 1. The van der Waals surface area contributed by atoms with Crippen molar-refractivity contribution >= 4 is 23.4 Å². The first-order valence-corrected chi connectivity index (χ1v) is 5.05. The molecule has 7 heteroatoms. The second kappa shape index (κ2) is 4.23. The zero-order valence-corrected chi connectivity index (χ0v) is 8.77. The van der Waals surface area contributed by atoms with Crippen LogP contribution < -0.4 is 5.73 Å². The summed E-state index contributed by atoms with van der Waals surface area (Å²) in [6.07, 6.45) is 2.90. The highest BCUT2D eigenvalue weighted by Crippen LogP contribution is 2.29. The fourth-order valence-electron chi connectivity index (χ4n) is 0.996. The Bertz CT molecular complexity index is 513. The van der Waals surface area contributed by atoms with Crippen molar-refractivity contribution in [3.63, 3.8) is 0 Å². The molecule has 0 saturated carbocycles. The summed E-state index contributed by atoms with van der Waals surface area (Å²) in [7, 11) is 0.